The lowest BCUT2D eigenvalue weighted by atomic mass is 9.99. The number of anilines is 1. The molecule has 6 heteroatoms. The van der Waals surface area contributed by atoms with Crippen LogP contribution in [0.3, 0.4) is 0 Å². The van der Waals surface area contributed by atoms with Crippen LogP contribution in [0.1, 0.15) is 30.9 Å². The van der Waals surface area contributed by atoms with E-state index in [1.807, 2.05) is 6.92 Å². The van der Waals surface area contributed by atoms with Gasteiger partial charge in [-0.05, 0) is 36.8 Å². The highest BCUT2D eigenvalue weighted by molar-refractivity contribution is 6.20. The Labute approximate surface area is 150 Å². The zero-order valence-corrected chi connectivity index (χ0v) is 14.6. The summed E-state index contributed by atoms with van der Waals surface area (Å²) in [4.78, 5) is 33.2. The van der Waals surface area contributed by atoms with E-state index in [1.165, 1.54) is 17.0 Å². The van der Waals surface area contributed by atoms with E-state index in [0.717, 1.165) is 6.42 Å². The van der Waals surface area contributed by atoms with Crippen LogP contribution in [0.25, 0.3) is 0 Å². The lowest BCUT2D eigenvalue weighted by Gasteiger charge is -2.20. The second-order valence-electron chi connectivity index (χ2n) is 6.06. The highest BCUT2D eigenvalue weighted by Gasteiger charge is 2.30. The monoisotopic (exact) mass is 351 g/mol. The predicted octanol–water partition coefficient (Wildman–Crippen LogP) is 3.78. The highest BCUT2D eigenvalue weighted by atomic mass is 19.1. The Balaban J connectivity index is 2.30. The van der Waals surface area contributed by atoms with Gasteiger partial charge in [0.15, 0.2) is 0 Å². The number of nitrogens with zero attached hydrogens (tertiary/aromatic N) is 3. The molecule has 0 bridgehead atoms. The Morgan fingerprint density at radius 2 is 2.00 bits per heavy atom. The maximum Gasteiger partial charge on any atom is 0.251 e. The number of benzene rings is 2. The van der Waals surface area contributed by atoms with E-state index in [0.29, 0.717) is 34.6 Å². The molecule has 1 amide bonds. The van der Waals surface area contributed by atoms with Gasteiger partial charge in [-0.1, -0.05) is 25.5 Å². The van der Waals surface area contributed by atoms with Crippen molar-refractivity contribution in [1.82, 2.24) is 0 Å². The molecule has 132 valence electrons. The molecule has 1 heterocycles. The lowest BCUT2D eigenvalue weighted by molar-refractivity contribution is -0.119. The van der Waals surface area contributed by atoms with Gasteiger partial charge in [0.25, 0.3) is 5.91 Å². The number of fused-ring (bicyclic) bond motifs is 1. The van der Waals surface area contributed by atoms with Gasteiger partial charge in [0, 0.05) is 18.2 Å². The summed E-state index contributed by atoms with van der Waals surface area (Å²) >= 11 is 0. The minimum Gasteiger partial charge on any atom is -0.313 e. The number of likely N-dealkylation sites (N-methyl/N-ethyl adjacent to an activating group) is 1. The molecule has 0 saturated heterocycles. The third-order valence-electron chi connectivity index (χ3n) is 4.36. The minimum atomic E-state index is -0.593. The number of rotatable bonds is 4. The minimum absolute atomic E-state index is 0.147. The van der Waals surface area contributed by atoms with Crippen LogP contribution in [0, 0.1) is 5.82 Å². The summed E-state index contributed by atoms with van der Waals surface area (Å²) < 4.78 is 14.5. The van der Waals surface area contributed by atoms with Gasteiger partial charge in [-0.3, -0.25) is 9.79 Å². The van der Waals surface area contributed by atoms with Crippen LogP contribution in [0.4, 0.5) is 15.8 Å². The van der Waals surface area contributed by atoms with Crippen molar-refractivity contribution in [2.45, 2.75) is 25.8 Å². The van der Waals surface area contributed by atoms with E-state index in [-0.39, 0.29) is 5.91 Å². The van der Waals surface area contributed by atoms with Crippen LogP contribution in [0.15, 0.2) is 52.4 Å². The van der Waals surface area contributed by atoms with Crippen molar-refractivity contribution < 1.29 is 14.0 Å². The van der Waals surface area contributed by atoms with Crippen molar-refractivity contribution >= 4 is 29.1 Å². The Morgan fingerprint density at radius 3 is 2.69 bits per heavy atom. The van der Waals surface area contributed by atoms with E-state index in [9.17, 15) is 14.0 Å². The maximum atomic E-state index is 14.5. The molecule has 0 spiro atoms. The molecular formula is C20H18FN3O2. The van der Waals surface area contributed by atoms with Gasteiger partial charge < -0.3 is 4.90 Å². The van der Waals surface area contributed by atoms with Crippen LogP contribution in [-0.4, -0.2) is 30.8 Å². The quantitative estimate of drug-likeness (QED) is 0.622. The predicted molar refractivity (Wildman–Crippen MR) is 98.4 cm³/mol. The number of carbonyl (C=O) groups is 1. The van der Waals surface area contributed by atoms with E-state index >= 15 is 0 Å². The van der Waals surface area contributed by atoms with Crippen molar-refractivity contribution in [3.63, 3.8) is 0 Å². The number of hydrogen-bond donors (Lipinski definition) is 0. The molecule has 1 aliphatic heterocycles. The number of aliphatic imine (C=N–C) groups is 2. The van der Waals surface area contributed by atoms with Gasteiger partial charge in [-0.15, -0.1) is 0 Å². The molecule has 2 aromatic rings. The largest absolute Gasteiger partial charge is 0.313 e. The second kappa shape index (κ2) is 7.42. The molecule has 1 aliphatic rings. The standard InChI is InChI=1S/C20H18FN3O2/c1-3-6-17-20(26)24(2)18-10-9-13(22-12-25)11-15(18)19(23-17)14-7-4-5-8-16(14)21/h4-5,7-11,17H,3,6H2,1-2H3. The average Bonchev–Trinajstić information content (AvgIpc) is 2.74. The average molecular weight is 351 g/mol. The molecule has 0 saturated carbocycles. The summed E-state index contributed by atoms with van der Waals surface area (Å²) in [6, 6.07) is 10.7. The summed E-state index contributed by atoms with van der Waals surface area (Å²) in [5.74, 6) is -0.570. The Hall–Kier alpha value is -3.11. The number of isocyanates is 1. The Bertz CT molecular complexity index is 932. The van der Waals surface area contributed by atoms with Gasteiger partial charge in [0.2, 0.25) is 6.08 Å². The first-order chi connectivity index (χ1) is 12.6. The Morgan fingerprint density at radius 1 is 1.23 bits per heavy atom. The molecule has 2 aromatic carbocycles. The molecule has 5 nitrogen and oxygen atoms in total. The molecule has 0 radical (unpaired) electrons. The zero-order chi connectivity index (χ0) is 18.7. The topological polar surface area (TPSA) is 62.1 Å². The van der Waals surface area contributed by atoms with Crippen molar-refractivity contribution in [2.75, 3.05) is 11.9 Å². The highest BCUT2D eigenvalue weighted by Crippen LogP contribution is 2.32. The lowest BCUT2D eigenvalue weighted by Crippen LogP contribution is -2.34. The number of amides is 1. The summed E-state index contributed by atoms with van der Waals surface area (Å²) in [6.07, 6.45) is 2.84. The molecule has 0 aromatic heterocycles. The summed E-state index contributed by atoms with van der Waals surface area (Å²) in [5, 5.41) is 0. The van der Waals surface area contributed by atoms with Gasteiger partial charge in [-0.25, -0.2) is 9.18 Å². The first kappa shape index (κ1) is 17.7. The number of benzodiazepines with no additional fused rings is 1. The number of halogens is 1. The van der Waals surface area contributed by atoms with Crippen LogP contribution in [-0.2, 0) is 9.59 Å². The molecule has 1 unspecified atom stereocenters. The zero-order valence-electron chi connectivity index (χ0n) is 14.6. The van der Waals surface area contributed by atoms with Gasteiger partial charge >= 0.3 is 0 Å². The van der Waals surface area contributed by atoms with E-state index in [1.54, 1.807) is 43.4 Å². The molecule has 26 heavy (non-hydrogen) atoms. The van der Waals surface area contributed by atoms with Crippen molar-refractivity contribution in [1.29, 1.82) is 0 Å². The molecule has 1 atom stereocenters. The molecule has 0 fully saturated rings. The van der Waals surface area contributed by atoms with Gasteiger partial charge in [0.1, 0.15) is 11.9 Å². The first-order valence-corrected chi connectivity index (χ1v) is 8.39. The van der Waals surface area contributed by atoms with Crippen LogP contribution in [0.5, 0.6) is 0 Å². The smallest absolute Gasteiger partial charge is 0.251 e. The molecular weight excluding hydrogens is 333 g/mol. The van der Waals surface area contributed by atoms with E-state index < -0.39 is 11.9 Å². The number of hydrogen-bond acceptors (Lipinski definition) is 4. The van der Waals surface area contributed by atoms with Crippen LogP contribution in [0.2, 0.25) is 0 Å². The third kappa shape index (κ3) is 3.19. The van der Waals surface area contributed by atoms with E-state index in [4.69, 9.17) is 0 Å². The molecule has 0 aliphatic carbocycles. The van der Waals surface area contributed by atoms with Gasteiger partial charge in [-0.2, -0.15) is 4.99 Å². The van der Waals surface area contributed by atoms with Crippen molar-refractivity contribution in [2.24, 2.45) is 9.98 Å². The number of carbonyl (C=O) groups excluding carboxylic acids is 2. The van der Waals surface area contributed by atoms with Crippen molar-refractivity contribution in [3.05, 3.63) is 59.4 Å². The second-order valence-corrected chi connectivity index (χ2v) is 6.06. The first-order valence-electron chi connectivity index (χ1n) is 8.39. The summed E-state index contributed by atoms with van der Waals surface area (Å²) in [5.41, 5.74) is 2.22. The fourth-order valence-corrected chi connectivity index (χ4v) is 3.08. The summed E-state index contributed by atoms with van der Waals surface area (Å²) in [6.45, 7) is 1.97. The summed E-state index contributed by atoms with van der Waals surface area (Å²) in [7, 11) is 1.67. The fourth-order valence-electron chi connectivity index (χ4n) is 3.08. The van der Waals surface area contributed by atoms with Crippen LogP contribution >= 0.6 is 0 Å². The normalized spacial score (nSPS) is 16.4. The Kier molecular flexibility index (Phi) is 5.05. The van der Waals surface area contributed by atoms with E-state index in [2.05, 4.69) is 9.98 Å². The molecule has 0 N–H and O–H groups in total. The maximum absolute atomic E-state index is 14.5. The van der Waals surface area contributed by atoms with Crippen molar-refractivity contribution in [3.8, 4) is 0 Å². The SMILES string of the molecule is CCCC1N=C(c2ccccc2F)c2cc(N=C=O)ccc2N(C)C1=O. The van der Waals surface area contributed by atoms with Gasteiger partial charge in [0.05, 0.1) is 17.1 Å². The third-order valence-corrected chi connectivity index (χ3v) is 4.36. The van der Waals surface area contributed by atoms with Crippen LogP contribution < -0.4 is 4.90 Å². The fraction of sp³-hybridized carbons (Fsp3) is 0.250. The molecule has 3 rings (SSSR count).